The van der Waals surface area contributed by atoms with E-state index < -0.39 is 29.2 Å². The van der Waals surface area contributed by atoms with E-state index in [1.165, 1.54) is 0 Å². The summed E-state index contributed by atoms with van der Waals surface area (Å²) < 4.78 is 4.08. The van der Waals surface area contributed by atoms with E-state index in [0.717, 1.165) is 0 Å². The summed E-state index contributed by atoms with van der Waals surface area (Å²) in [7, 11) is 0. The maximum absolute atomic E-state index is 10.9. The minimum atomic E-state index is -1.18. The molecule has 0 radical (unpaired) electrons. The van der Waals surface area contributed by atoms with Gasteiger partial charge >= 0.3 is 17.4 Å². The third-order valence-corrected chi connectivity index (χ3v) is 2.08. The van der Waals surface area contributed by atoms with Crippen LogP contribution in [0.1, 0.15) is 12.8 Å². The molecule has 1 fully saturated rings. The highest BCUT2D eigenvalue weighted by atomic mass is 35.5. The number of rotatable bonds is 2. The van der Waals surface area contributed by atoms with E-state index in [9.17, 15) is 14.4 Å². The average Bonchev–Trinajstić information content (AvgIpc) is 1.79. The zero-order chi connectivity index (χ0) is 10.0. The van der Waals surface area contributed by atoms with Crippen LogP contribution in [-0.4, -0.2) is 22.5 Å². The summed E-state index contributed by atoms with van der Waals surface area (Å²) in [5.74, 6) is -2.66. The van der Waals surface area contributed by atoms with Gasteiger partial charge in [-0.2, -0.15) is 0 Å². The number of esters is 1. The molecule has 1 aliphatic rings. The number of hydrogen-bond donors (Lipinski definition) is 1. The lowest BCUT2D eigenvalue weighted by Gasteiger charge is -2.29. The molecule has 0 aromatic heterocycles. The highest BCUT2D eigenvalue weighted by Crippen LogP contribution is 2.34. The van der Waals surface area contributed by atoms with Gasteiger partial charge in [-0.1, -0.05) is 0 Å². The van der Waals surface area contributed by atoms with Crippen LogP contribution in [-0.2, 0) is 14.3 Å². The van der Waals surface area contributed by atoms with Crippen LogP contribution in [0.5, 0.6) is 0 Å². The number of hydrogen-bond acceptors (Lipinski definition) is 4. The van der Waals surface area contributed by atoms with Crippen molar-refractivity contribution in [2.75, 3.05) is 0 Å². The number of carbonyl (C=O) groups is 3. The van der Waals surface area contributed by atoms with Crippen LogP contribution in [0.2, 0.25) is 0 Å². The van der Waals surface area contributed by atoms with Crippen LogP contribution >= 0.6 is 11.6 Å². The van der Waals surface area contributed by atoms with Crippen molar-refractivity contribution in [1.82, 2.24) is 0 Å². The Morgan fingerprint density at radius 3 is 2.15 bits per heavy atom. The van der Waals surface area contributed by atoms with Gasteiger partial charge in [0.2, 0.25) is 0 Å². The molecule has 0 spiro atoms. The fourth-order valence-corrected chi connectivity index (χ4v) is 1.25. The predicted molar refractivity (Wildman–Crippen MR) is 41.2 cm³/mol. The summed E-state index contributed by atoms with van der Waals surface area (Å²) in [5.41, 5.74) is -1.18. The van der Waals surface area contributed by atoms with E-state index in [0.29, 0.717) is 0 Å². The molecule has 13 heavy (non-hydrogen) atoms. The second-order valence-corrected chi connectivity index (χ2v) is 3.17. The summed E-state index contributed by atoms with van der Waals surface area (Å²) in [6, 6.07) is 0. The third-order valence-electron chi connectivity index (χ3n) is 2.00. The monoisotopic (exact) mass is 206 g/mol. The molecule has 0 saturated heterocycles. The molecule has 1 rings (SSSR count). The normalized spacial score (nSPS) is 25.9. The van der Waals surface area contributed by atoms with Gasteiger partial charge in [0.25, 0.3) is 0 Å². The molecule has 0 heterocycles. The van der Waals surface area contributed by atoms with Crippen LogP contribution in [0.4, 0.5) is 4.79 Å². The van der Waals surface area contributed by atoms with Crippen LogP contribution in [0.15, 0.2) is 0 Å². The molecule has 0 bridgehead atoms. The maximum atomic E-state index is 10.9. The summed E-state index contributed by atoms with van der Waals surface area (Å²) in [6.07, 6.45) is 0.441. The molecule has 0 amide bonds. The number of halogens is 1. The first kappa shape index (κ1) is 9.98. The van der Waals surface area contributed by atoms with Crippen molar-refractivity contribution in [1.29, 1.82) is 0 Å². The van der Waals surface area contributed by atoms with Gasteiger partial charge in [0.15, 0.2) is 0 Å². The van der Waals surface area contributed by atoms with Gasteiger partial charge in [-0.05, 0) is 12.8 Å². The average molecular weight is 207 g/mol. The smallest absolute Gasteiger partial charge is 0.411 e. The molecule has 1 aliphatic carbocycles. The van der Waals surface area contributed by atoms with Gasteiger partial charge in [0, 0.05) is 11.6 Å². The van der Waals surface area contributed by atoms with E-state index in [1.807, 2.05) is 0 Å². The molecule has 0 aliphatic heterocycles. The second kappa shape index (κ2) is 3.74. The van der Waals surface area contributed by atoms with Crippen LogP contribution in [0.25, 0.3) is 0 Å². The zero-order valence-electron chi connectivity index (χ0n) is 6.53. The lowest BCUT2D eigenvalue weighted by Crippen LogP contribution is -2.36. The maximum Gasteiger partial charge on any atom is 0.411 e. The van der Waals surface area contributed by atoms with Crippen molar-refractivity contribution in [3.05, 3.63) is 0 Å². The molecular weight excluding hydrogens is 200 g/mol. The summed E-state index contributed by atoms with van der Waals surface area (Å²) in [5, 5.41) is 8.47. The van der Waals surface area contributed by atoms with E-state index in [2.05, 4.69) is 4.74 Å². The Hall–Kier alpha value is -1.10. The molecule has 0 aromatic carbocycles. The Morgan fingerprint density at radius 2 is 1.77 bits per heavy atom. The van der Waals surface area contributed by atoms with Crippen molar-refractivity contribution >= 4 is 29.0 Å². The molecular formula is C7H7ClO5. The molecule has 5 nitrogen and oxygen atoms in total. The van der Waals surface area contributed by atoms with E-state index >= 15 is 0 Å². The largest absolute Gasteiger partial charge is 0.481 e. The van der Waals surface area contributed by atoms with Gasteiger partial charge in [0.05, 0.1) is 11.8 Å². The minimum Gasteiger partial charge on any atom is -0.481 e. The molecule has 1 N–H and O–H groups in total. The molecule has 72 valence electrons. The van der Waals surface area contributed by atoms with E-state index in [-0.39, 0.29) is 12.8 Å². The topological polar surface area (TPSA) is 80.7 Å². The Labute approximate surface area is 78.6 Å². The fraction of sp³-hybridized carbons (Fsp3) is 0.571. The SMILES string of the molecule is O=C(Cl)OC(=O)C1CC(C(=O)O)C1. The molecule has 0 atom stereocenters. The van der Waals surface area contributed by atoms with Gasteiger partial charge in [-0.3, -0.25) is 9.59 Å². The molecule has 6 heteroatoms. The first-order chi connectivity index (χ1) is 6.00. The Balaban J connectivity index is 2.31. The Bertz CT molecular complexity index is 256. The second-order valence-electron chi connectivity index (χ2n) is 2.86. The molecule has 0 unspecified atom stereocenters. The minimum absolute atomic E-state index is 0.221. The first-order valence-electron chi connectivity index (χ1n) is 3.64. The summed E-state index contributed by atoms with van der Waals surface area (Å²) in [6.45, 7) is 0. The van der Waals surface area contributed by atoms with Crippen LogP contribution in [0.3, 0.4) is 0 Å². The van der Waals surface area contributed by atoms with E-state index in [4.69, 9.17) is 16.7 Å². The number of carboxylic acid groups (broad SMARTS) is 1. The van der Waals surface area contributed by atoms with Crippen molar-refractivity contribution in [2.24, 2.45) is 11.8 Å². The van der Waals surface area contributed by atoms with Crippen molar-refractivity contribution in [2.45, 2.75) is 12.8 Å². The lowest BCUT2D eigenvalue weighted by molar-refractivity contribution is -0.153. The number of ether oxygens (including phenoxy) is 1. The Kier molecular flexibility index (Phi) is 2.87. The number of carbonyl (C=O) groups excluding carboxylic acids is 2. The first-order valence-corrected chi connectivity index (χ1v) is 4.02. The van der Waals surface area contributed by atoms with Gasteiger partial charge in [-0.15, -0.1) is 0 Å². The molecule has 0 aromatic rings. The van der Waals surface area contributed by atoms with Gasteiger partial charge in [-0.25, -0.2) is 4.79 Å². The standard InChI is InChI=1S/C7H7ClO5/c8-7(12)13-6(11)4-1-3(2-4)5(9)10/h3-4H,1-2H2,(H,9,10). The number of aliphatic carboxylic acids is 1. The van der Waals surface area contributed by atoms with Crippen molar-refractivity contribution in [3.8, 4) is 0 Å². The zero-order valence-corrected chi connectivity index (χ0v) is 7.28. The highest BCUT2D eigenvalue weighted by molar-refractivity contribution is 6.61. The van der Waals surface area contributed by atoms with E-state index in [1.54, 1.807) is 0 Å². The Morgan fingerprint density at radius 1 is 1.23 bits per heavy atom. The quantitative estimate of drug-likeness (QED) is 0.414. The lowest BCUT2D eigenvalue weighted by atomic mass is 9.75. The summed E-state index contributed by atoms with van der Waals surface area (Å²) >= 11 is 4.80. The highest BCUT2D eigenvalue weighted by Gasteiger charge is 2.40. The van der Waals surface area contributed by atoms with Crippen molar-refractivity contribution < 1.29 is 24.2 Å². The predicted octanol–water partition coefficient (Wildman–Crippen LogP) is 0.999. The fourth-order valence-electron chi connectivity index (χ4n) is 1.17. The van der Waals surface area contributed by atoms with Crippen LogP contribution < -0.4 is 0 Å². The number of carboxylic acids is 1. The third kappa shape index (κ3) is 2.42. The van der Waals surface area contributed by atoms with Crippen molar-refractivity contribution in [3.63, 3.8) is 0 Å². The van der Waals surface area contributed by atoms with Gasteiger partial charge < -0.3 is 9.84 Å². The molecule has 1 saturated carbocycles. The van der Waals surface area contributed by atoms with Crippen LogP contribution in [0, 0.1) is 11.8 Å². The summed E-state index contributed by atoms with van der Waals surface area (Å²) in [4.78, 5) is 31.3. The van der Waals surface area contributed by atoms with Gasteiger partial charge in [0.1, 0.15) is 0 Å².